The summed E-state index contributed by atoms with van der Waals surface area (Å²) in [6.45, 7) is 1.26. The summed E-state index contributed by atoms with van der Waals surface area (Å²) in [5.41, 5.74) is 0.415. The summed E-state index contributed by atoms with van der Waals surface area (Å²) in [6.07, 6.45) is 0. The molecule has 0 radical (unpaired) electrons. The van der Waals surface area contributed by atoms with Crippen LogP contribution in [-0.2, 0) is 23.6 Å². The van der Waals surface area contributed by atoms with E-state index in [1.54, 1.807) is 25.1 Å². The first-order chi connectivity index (χ1) is 12.6. The van der Waals surface area contributed by atoms with Gasteiger partial charge in [0.15, 0.2) is 9.84 Å². The average Bonchev–Trinajstić information content (AvgIpc) is 2.60. The van der Waals surface area contributed by atoms with E-state index in [0.717, 1.165) is 6.07 Å². The SMILES string of the molecule is COc1ccc(S(=O)(=O)Cl)cc1C(=O)OCCS(=O)(=O)c1ccccc1C. The first-order valence-corrected chi connectivity index (χ1v) is 11.6. The van der Waals surface area contributed by atoms with Crippen LogP contribution in [0.3, 0.4) is 0 Å². The van der Waals surface area contributed by atoms with E-state index in [2.05, 4.69) is 0 Å². The summed E-state index contributed by atoms with van der Waals surface area (Å²) < 4.78 is 57.6. The minimum atomic E-state index is -4.06. The van der Waals surface area contributed by atoms with Crippen molar-refractivity contribution < 1.29 is 31.1 Å². The second-order valence-corrected chi connectivity index (χ2v) is 10.2. The molecule has 7 nitrogen and oxygen atoms in total. The molecular weight excluding hydrogens is 416 g/mol. The minimum Gasteiger partial charge on any atom is -0.496 e. The maximum Gasteiger partial charge on any atom is 0.341 e. The molecule has 0 bridgehead atoms. The highest BCUT2D eigenvalue weighted by Gasteiger charge is 2.21. The third-order valence-corrected chi connectivity index (χ3v) is 6.87. The van der Waals surface area contributed by atoms with Crippen molar-refractivity contribution in [2.45, 2.75) is 16.7 Å². The van der Waals surface area contributed by atoms with Gasteiger partial charge in [-0.2, -0.15) is 0 Å². The molecular formula is C17H17ClO7S2. The van der Waals surface area contributed by atoms with Crippen LogP contribution in [0, 0.1) is 6.92 Å². The number of hydrogen-bond donors (Lipinski definition) is 0. The van der Waals surface area contributed by atoms with Crippen molar-refractivity contribution in [1.29, 1.82) is 0 Å². The zero-order valence-electron chi connectivity index (χ0n) is 14.5. The van der Waals surface area contributed by atoms with Crippen molar-refractivity contribution in [2.75, 3.05) is 19.5 Å². The van der Waals surface area contributed by atoms with E-state index in [1.165, 1.54) is 25.3 Å². The van der Waals surface area contributed by atoms with Crippen molar-refractivity contribution in [1.82, 2.24) is 0 Å². The average molecular weight is 433 g/mol. The largest absolute Gasteiger partial charge is 0.496 e. The fraction of sp³-hybridized carbons (Fsp3) is 0.235. The molecule has 10 heteroatoms. The van der Waals surface area contributed by atoms with Gasteiger partial charge in [0.2, 0.25) is 0 Å². The molecule has 0 saturated carbocycles. The van der Waals surface area contributed by atoms with Gasteiger partial charge < -0.3 is 9.47 Å². The second kappa shape index (κ2) is 8.28. The van der Waals surface area contributed by atoms with Crippen LogP contribution in [0.1, 0.15) is 15.9 Å². The fourth-order valence-corrected chi connectivity index (χ4v) is 4.48. The molecule has 0 aromatic heterocycles. The molecule has 0 aliphatic heterocycles. The van der Waals surface area contributed by atoms with Crippen LogP contribution in [0.25, 0.3) is 0 Å². The number of rotatable bonds is 7. The maximum atomic E-state index is 12.4. The molecule has 0 amide bonds. The van der Waals surface area contributed by atoms with Crippen LogP contribution in [0.2, 0.25) is 0 Å². The number of carbonyl (C=O) groups is 1. The molecule has 0 spiro atoms. The molecule has 0 unspecified atom stereocenters. The van der Waals surface area contributed by atoms with E-state index in [-0.39, 0.29) is 21.1 Å². The van der Waals surface area contributed by atoms with E-state index in [4.69, 9.17) is 20.2 Å². The Morgan fingerprint density at radius 1 is 1.07 bits per heavy atom. The van der Waals surface area contributed by atoms with E-state index < -0.39 is 37.2 Å². The van der Waals surface area contributed by atoms with Crippen molar-refractivity contribution >= 4 is 35.5 Å². The topological polar surface area (TPSA) is 104 Å². The molecule has 2 aromatic carbocycles. The lowest BCUT2D eigenvalue weighted by molar-refractivity contribution is 0.0525. The summed E-state index contributed by atoms with van der Waals surface area (Å²) in [4.78, 5) is 12.1. The molecule has 0 saturated heterocycles. The van der Waals surface area contributed by atoms with Crippen LogP contribution in [0.4, 0.5) is 0 Å². The van der Waals surface area contributed by atoms with Crippen molar-refractivity contribution in [2.24, 2.45) is 0 Å². The van der Waals surface area contributed by atoms with Gasteiger partial charge in [-0.15, -0.1) is 0 Å². The lowest BCUT2D eigenvalue weighted by atomic mass is 10.2. The standard InChI is InChI=1S/C17H17ClO7S2/c1-12-5-3-4-6-16(12)26(20,21)10-9-25-17(19)14-11-13(27(18,22)23)7-8-15(14)24-2/h3-8,11H,9-10H2,1-2H3. The highest BCUT2D eigenvalue weighted by molar-refractivity contribution is 8.13. The number of halogens is 1. The normalized spacial score (nSPS) is 11.8. The van der Waals surface area contributed by atoms with Crippen LogP contribution in [0.5, 0.6) is 5.75 Å². The highest BCUT2D eigenvalue weighted by Crippen LogP contribution is 2.25. The third kappa shape index (κ3) is 5.21. The smallest absolute Gasteiger partial charge is 0.341 e. The molecule has 0 fully saturated rings. The number of aryl methyl sites for hydroxylation is 1. The predicted octanol–water partition coefficient (Wildman–Crippen LogP) is 2.56. The molecule has 2 aromatic rings. The molecule has 146 valence electrons. The quantitative estimate of drug-likeness (QED) is 0.489. The Hall–Kier alpha value is -2.10. The van der Waals surface area contributed by atoms with Gasteiger partial charge in [0.25, 0.3) is 9.05 Å². The van der Waals surface area contributed by atoms with Crippen LogP contribution in [-0.4, -0.2) is 42.3 Å². The van der Waals surface area contributed by atoms with Gasteiger partial charge in [-0.3, -0.25) is 0 Å². The number of benzene rings is 2. The fourth-order valence-electron chi connectivity index (χ4n) is 2.34. The maximum absolute atomic E-state index is 12.4. The summed E-state index contributed by atoms with van der Waals surface area (Å²) >= 11 is 0. The Labute approximate surface area is 162 Å². The zero-order chi connectivity index (χ0) is 20.2. The van der Waals surface area contributed by atoms with Gasteiger partial charge in [-0.1, -0.05) is 18.2 Å². The Kier molecular flexibility index (Phi) is 6.50. The number of ether oxygens (including phenoxy) is 2. The first-order valence-electron chi connectivity index (χ1n) is 7.64. The second-order valence-electron chi connectivity index (χ2n) is 5.52. The van der Waals surface area contributed by atoms with Crippen LogP contribution >= 0.6 is 10.7 Å². The minimum absolute atomic E-state index is 0.0748. The molecule has 0 N–H and O–H groups in total. The van der Waals surface area contributed by atoms with Gasteiger partial charge in [0.05, 0.1) is 22.7 Å². The Balaban J connectivity index is 2.15. The summed E-state index contributed by atoms with van der Waals surface area (Å²) in [5, 5.41) is 0. The number of carbonyl (C=O) groups excluding carboxylic acids is 1. The molecule has 0 aliphatic carbocycles. The van der Waals surface area contributed by atoms with Crippen molar-refractivity contribution in [3.8, 4) is 5.75 Å². The summed E-state index contributed by atoms with van der Waals surface area (Å²) in [6, 6.07) is 9.93. The van der Waals surface area contributed by atoms with E-state index in [0.29, 0.717) is 5.56 Å². The Morgan fingerprint density at radius 2 is 1.74 bits per heavy atom. The monoisotopic (exact) mass is 432 g/mol. The van der Waals surface area contributed by atoms with E-state index in [9.17, 15) is 21.6 Å². The Bertz CT molecular complexity index is 1060. The van der Waals surface area contributed by atoms with Crippen LogP contribution in [0.15, 0.2) is 52.3 Å². The van der Waals surface area contributed by atoms with Gasteiger partial charge >= 0.3 is 5.97 Å². The number of esters is 1. The van der Waals surface area contributed by atoms with Crippen molar-refractivity contribution in [3.05, 3.63) is 53.6 Å². The summed E-state index contributed by atoms with van der Waals surface area (Å²) in [7, 11) is -1.12. The molecule has 2 rings (SSSR count). The van der Waals surface area contributed by atoms with E-state index >= 15 is 0 Å². The number of methoxy groups -OCH3 is 1. The molecule has 27 heavy (non-hydrogen) atoms. The molecule has 0 aliphatic rings. The van der Waals surface area contributed by atoms with E-state index in [1.807, 2.05) is 0 Å². The van der Waals surface area contributed by atoms with Gasteiger partial charge in [0, 0.05) is 10.7 Å². The van der Waals surface area contributed by atoms with Gasteiger partial charge in [-0.05, 0) is 36.8 Å². The lowest BCUT2D eigenvalue weighted by Crippen LogP contribution is -2.17. The Morgan fingerprint density at radius 3 is 2.33 bits per heavy atom. The number of hydrogen-bond acceptors (Lipinski definition) is 7. The zero-order valence-corrected chi connectivity index (χ0v) is 16.9. The summed E-state index contributed by atoms with van der Waals surface area (Å²) in [5.74, 6) is -1.26. The number of sulfone groups is 1. The van der Waals surface area contributed by atoms with Gasteiger partial charge in [-0.25, -0.2) is 21.6 Å². The first kappa shape index (κ1) is 21.2. The van der Waals surface area contributed by atoms with Gasteiger partial charge in [0.1, 0.15) is 17.9 Å². The molecule has 0 heterocycles. The predicted molar refractivity (Wildman–Crippen MR) is 99.5 cm³/mol. The third-order valence-electron chi connectivity index (χ3n) is 3.69. The lowest BCUT2D eigenvalue weighted by Gasteiger charge is -2.11. The van der Waals surface area contributed by atoms with Crippen LogP contribution < -0.4 is 4.74 Å². The van der Waals surface area contributed by atoms with Crippen molar-refractivity contribution in [3.63, 3.8) is 0 Å². The highest BCUT2D eigenvalue weighted by atomic mass is 35.7. The molecule has 0 atom stereocenters.